The van der Waals surface area contributed by atoms with E-state index in [1.165, 1.54) is 11.1 Å². The highest BCUT2D eigenvalue weighted by molar-refractivity contribution is 9.10. The predicted molar refractivity (Wildman–Crippen MR) is 120 cm³/mol. The SMILES string of the molecule is CCNC(=O)[C@@H](C)N(Cc1ccc(Br)cc1)C(=O)CSCc1ccc(C)cc1. The highest BCUT2D eigenvalue weighted by Crippen LogP contribution is 2.17. The van der Waals surface area contributed by atoms with E-state index in [1.807, 2.05) is 31.2 Å². The van der Waals surface area contributed by atoms with Crippen LogP contribution in [-0.4, -0.2) is 35.1 Å². The van der Waals surface area contributed by atoms with E-state index in [4.69, 9.17) is 0 Å². The van der Waals surface area contributed by atoms with Gasteiger partial charge in [0.2, 0.25) is 11.8 Å². The van der Waals surface area contributed by atoms with E-state index in [1.54, 1.807) is 23.6 Å². The Labute approximate surface area is 180 Å². The van der Waals surface area contributed by atoms with E-state index < -0.39 is 6.04 Å². The summed E-state index contributed by atoms with van der Waals surface area (Å²) in [7, 11) is 0. The van der Waals surface area contributed by atoms with Crippen molar-refractivity contribution < 1.29 is 9.59 Å². The number of nitrogens with zero attached hydrogens (tertiary/aromatic N) is 1. The van der Waals surface area contributed by atoms with Crippen molar-refractivity contribution >= 4 is 39.5 Å². The molecule has 150 valence electrons. The Kier molecular flexibility index (Phi) is 9.06. The lowest BCUT2D eigenvalue weighted by Crippen LogP contribution is -2.48. The molecule has 0 spiro atoms. The van der Waals surface area contributed by atoms with Crippen molar-refractivity contribution in [1.82, 2.24) is 10.2 Å². The van der Waals surface area contributed by atoms with Crippen molar-refractivity contribution in [3.8, 4) is 0 Å². The molecule has 0 aliphatic carbocycles. The minimum Gasteiger partial charge on any atom is -0.355 e. The Morgan fingerprint density at radius 3 is 2.29 bits per heavy atom. The van der Waals surface area contributed by atoms with Gasteiger partial charge in [-0.25, -0.2) is 0 Å². The molecule has 2 rings (SSSR count). The predicted octanol–water partition coefficient (Wildman–Crippen LogP) is 4.54. The average Bonchev–Trinajstić information content (AvgIpc) is 2.68. The highest BCUT2D eigenvalue weighted by atomic mass is 79.9. The van der Waals surface area contributed by atoms with E-state index in [2.05, 4.69) is 52.4 Å². The van der Waals surface area contributed by atoms with Crippen molar-refractivity contribution in [2.75, 3.05) is 12.3 Å². The normalized spacial score (nSPS) is 11.7. The molecular formula is C22H27BrN2O2S. The first-order valence-electron chi connectivity index (χ1n) is 9.35. The number of hydrogen-bond donors (Lipinski definition) is 1. The van der Waals surface area contributed by atoms with E-state index in [0.717, 1.165) is 15.8 Å². The molecule has 2 aromatic rings. The second kappa shape index (κ2) is 11.3. The second-order valence-electron chi connectivity index (χ2n) is 6.70. The molecule has 0 fully saturated rings. The number of aryl methyl sites for hydroxylation is 1. The third-order valence-electron chi connectivity index (χ3n) is 4.40. The molecule has 0 bridgehead atoms. The fourth-order valence-corrected chi connectivity index (χ4v) is 3.85. The van der Waals surface area contributed by atoms with Crippen LogP contribution < -0.4 is 5.32 Å². The monoisotopic (exact) mass is 462 g/mol. The summed E-state index contributed by atoms with van der Waals surface area (Å²) in [6.07, 6.45) is 0. The largest absolute Gasteiger partial charge is 0.355 e. The van der Waals surface area contributed by atoms with Crippen LogP contribution in [0.3, 0.4) is 0 Å². The molecule has 1 N–H and O–H groups in total. The first kappa shape index (κ1) is 22.5. The van der Waals surface area contributed by atoms with Crippen LogP contribution >= 0.6 is 27.7 Å². The first-order valence-corrected chi connectivity index (χ1v) is 11.3. The molecule has 2 amide bonds. The molecule has 0 aliphatic rings. The fraction of sp³-hybridized carbons (Fsp3) is 0.364. The van der Waals surface area contributed by atoms with Gasteiger partial charge in [0.25, 0.3) is 0 Å². The Hall–Kier alpha value is -1.79. The van der Waals surface area contributed by atoms with Crippen LogP contribution in [0.1, 0.15) is 30.5 Å². The van der Waals surface area contributed by atoms with Gasteiger partial charge in [0.05, 0.1) is 5.75 Å². The zero-order valence-electron chi connectivity index (χ0n) is 16.6. The number of nitrogens with one attached hydrogen (secondary N) is 1. The second-order valence-corrected chi connectivity index (χ2v) is 8.60. The molecule has 2 aromatic carbocycles. The number of amides is 2. The molecule has 6 heteroatoms. The molecule has 0 heterocycles. The van der Waals surface area contributed by atoms with Crippen LogP contribution in [0.15, 0.2) is 53.0 Å². The van der Waals surface area contributed by atoms with Gasteiger partial charge in [-0.3, -0.25) is 9.59 Å². The number of benzene rings is 2. The van der Waals surface area contributed by atoms with Crippen LogP contribution in [-0.2, 0) is 21.9 Å². The Morgan fingerprint density at radius 2 is 1.68 bits per heavy atom. The summed E-state index contributed by atoms with van der Waals surface area (Å²) in [4.78, 5) is 26.9. The van der Waals surface area contributed by atoms with Gasteiger partial charge in [0.1, 0.15) is 6.04 Å². The summed E-state index contributed by atoms with van der Waals surface area (Å²) in [5.41, 5.74) is 3.41. The maximum Gasteiger partial charge on any atom is 0.242 e. The van der Waals surface area contributed by atoms with Gasteiger partial charge in [-0.05, 0) is 44.0 Å². The number of thioether (sulfide) groups is 1. The molecule has 1 atom stereocenters. The Bertz CT molecular complexity index is 778. The Morgan fingerprint density at radius 1 is 1.07 bits per heavy atom. The summed E-state index contributed by atoms with van der Waals surface area (Å²) in [6.45, 7) is 6.68. The van der Waals surface area contributed by atoms with Gasteiger partial charge in [0.15, 0.2) is 0 Å². The molecule has 0 saturated heterocycles. The molecule has 0 unspecified atom stereocenters. The number of rotatable bonds is 9. The molecule has 0 aliphatic heterocycles. The zero-order chi connectivity index (χ0) is 20.5. The topological polar surface area (TPSA) is 49.4 Å². The van der Waals surface area contributed by atoms with Gasteiger partial charge in [0, 0.05) is 23.3 Å². The van der Waals surface area contributed by atoms with Crippen molar-refractivity contribution in [2.24, 2.45) is 0 Å². The summed E-state index contributed by atoms with van der Waals surface area (Å²) in [6, 6.07) is 15.6. The number of carbonyl (C=O) groups is 2. The van der Waals surface area contributed by atoms with Crippen molar-refractivity contribution in [2.45, 2.75) is 39.1 Å². The lowest BCUT2D eigenvalue weighted by atomic mass is 10.1. The van der Waals surface area contributed by atoms with Crippen LogP contribution in [0.25, 0.3) is 0 Å². The standard InChI is InChI=1S/C22H27BrN2O2S/c1-4-24-22(27)17(3)25(13-18-9-11-20(23)12-10-18)21(26)15-28-14-19-7-5-16(2)6-8-19/h5-12,17H,4,13-15H2,1-3H3,(H,24,27)/t17-/m1/s1. The van der Waals surface area contributed by atoms with Crippen molar-refractivity contribution in [3.63, 3.8) is 0 Å². The third-order valence-corrected chi connectivity index (χ3v) is 5.92. The molecular weight excluding hydrogens is 436 g/mol. The van der Waals surface area contributed by atoms with E-state index in [0.29, 0.717) is 18.8 Å². The molecule has 0 radical (unpaired) electrons. The minimum atomic E-state index is -0.518. The summed E-state index contributed by atoms with van der Waals surface area (Å²) < 4.78 is 0.986. The molecule has 0 aromatic heterocycles. The summed E-state index contributed by atoms with van der Waals surface area (Å²) >= 11 is 5.00. The zero-order valence-corrected chi connectivity index (χ0v) is 19.0. The smallest absolute Gasteiger partial charge is 0.242 e. The summed E-state index contributed by atoms with van der Waals surface area (Å²) in [5.74, 6) is 0.956. The first-order chi connectivity index (χ1) is 13.4. The van der Waals surface area contributed by atoms with Gasteiger partial charge in [-0.15, -0.1) is 11.8 Å². The van der Waals surface area contributed by atoms with Gasteiger partial charge in [-0.2, -0.15) is 0 Å². The van der Waals surface area contributed by atoms with E-state index >= 15 is 0 Å². The lowest BCUT2D eigenvalue weighted by molar-refractivity contribution is -0.138. The molecule has 4 nitrogen and oxygen atoms in total. The minimum absolute atomic E-state index is 0.0289. The van der Waals surface area contributed by atoms with Gasteiger partial charge in [-0.1, -0.05) is 57.9 Å². The van der Waals surface area contributed by atoms with Crippen LogP contribution in [0.2, 0.25) is 0 Å². The maximum atomic E-state index is 12.9. The molecule has 0 saturated carbocycles. The number of likely N-dealkylation sites (N-methyl/N-ethyl adjacent to an activating group) is 1. The fourth-order valence-electron chi connectivity index (χ4n) is 2.71. The van der Waals surface area contributed by atoms with E-state index in [-0.39, 0.29) is 11.8 Å². The van der Waals surface area contributed by atoms with Crippen molar-refractivity contribution in [1.29, 1.82) is 0 Å². The highest BCUT2D eigenvalue weighted by Gasteiger charge is 2.25. The Balaban J connectivity index is 2.03. The van der Waals surface area contributed by atoms with Crippen LogP contribution in [0.5, 0.6) is 0 Å². The van der Waals surface area contributed by atoms with Crippen molar-refractivity contribution in [3.05, 3.63) is 69.7 Å². The number of halogens is 1. The van der Waals surface area contributed by atoms with Gasteiger partial charge >= 0.3 is 0 Å². The summed E-state index contributed by atoms with van der Waals surface area (Å²) in [5, 5.41) is 2.82. The van der Waals surface area contributed by atoms with E-state index in [9.17, 15) is 9.59 Å². The number of carbonyl (C=O) groups excluding carboxylic acids is 2. The quantitative estimate of drug-likeness (QED) is 0.594. The van der Waals surface area contributed by atoms with Crippen LogP contribution in [0.4, 0.5) is 0 Å². The van der Waals surface area contributed by atoms with Crippen LogP contribution in [0, 0.1) is 6.92 Å². The maximum absolute atomic E-state index is 12.9. The average molecular weight is 463 g/mol. The lowest BCUT2D eigenvalue weighted by Gasteiger charge is -2.28. The molecule has 28 heavy (non-hydrogen) atoms. The number of hydrogen-bond acceptors (Lipinski definition) is 3. The third kappa shape index (κ3) is 6.99. The van der Waals surface area contributed by atoms with Gasteiger partial charge < -0.3 is 10.2 Å².